The number of carbonyl (C=O) groups is 2. The largest absolute Gasteiger partial charge is 0.370 e. The van der Waals surface area contributed by atoms with Crippen molar-refractivity contribution in [1.29, 1.82) is 0 Å². The number of amides is 2. The lowest BCUT2D eigenvalue weighted by atomic mass is 9.94. The van der Waals surface area contributed by atoms with E-state index in [-0.39, 0.29) is 23.8 Å². The van der Waals surface area contributed by atoms with E-state index < -0.39 is 0 Å². The highest BCUT2D eigenvalue weighted by atomic mass is 16.5. The Morgan fingerprint density at radius 1 is 1.04 bits per heavy atom. The number of morpholine rings is 1. The van der Waals surface area contributed by atoms with E-state index in [0.29, 0.717) is 38.7 Å². The maximum absolute atomic E-state index is 13.0. The molecule has 2 atom stereocenters. The molecule has 3 fully saturated rings. The molecule has 140 valence electrons. The van der Waals surface area contributed by atoms with Gasteiger partial charge in [0.15, 0.2) is 0 Å². The van der Waals surface area contributed by atoms with Gasteiger partial charge in [-0.2, -0.15) is 0 Å². The third-order valence-electron chi connectivity index (χ3n) is 6.07. The van der Waals surface area contributed by atoms with Crippen LogP contribution in [0.5, 0.6) is 0 Å². The van der Waals surface area contributed by atoms with Gasteiger partial charge >= 0.3 is 0 Å². The Bertz CT molecular complexity index is 642. The van der Waals surface area contributed by atoms with Crippen LogP contribution in [0.15, 0.2) is 30.3 Å². The van der Waals surface area contributed by atoms with Crippen molar-refractivity contribution in [3.05, 3.63) is 35.9 Å². The zero-order valence-electron chi connectivity index (χ0n) is 15.3. The lowest BCUT2D eigenvalue weighted by Crippen LogP contribution is -2.46. The van der Waals surface area contributed by atoms with Crippen LogP contribution in [0, 0.1) is 5.92 Å². The van der Waals surface area contributed by atoms with Crippen LogP contribution in [0.4, 0.5) is 0 Å². The van der Waals surface area contributed by atoms with Crippen LogP contribution in [0.25, 0.3) is 0 Å². The highest BCUT2D eigenvalue weighted by molar-refractivity contribution is 5.89. The number of nitrogens with zero attached hydrogens (tertiary/aromatic N) is 2. The zero-order chi connectivity index (χ0) is 17.9. The summed E-state index contributed by atoms with van der Waals surface area (Å²) < 4.78 is 5.87. The van der Waals surface area contributed by atoms with Crippen LogP contribution < -0.4 is 0 Å². The van der Waals surface area contributed by atoms with Gasteiger partial charge in [-0.25, -0.2) is 0 Å². The Kier molecular flexibility index (Phi) is 5.25. The molecule has 4 rings (SSSR count). The second kappa shape index (κ2) is 7.78. The monoisotopic (exact) mass is 356 g/mol. The van der Waals surface area contributed by atoms with Gasteiger partial charge in [0.05, 0.1) is 19.1 Å². The maximum atomic E-state index is 13.0. The first-order valence-corrected chi connectivity index (χ1v) is 9.97. The normalized spacial score (nSPS) is 27.8. The summed E-state index contributed by atoms with van der Waals surface area (Å²) in [4.78, 5) is 29.4. The number of rotatable bonds is 3. The van der Waals surface area contributed by atoms with Crippen molar-refractivity contribution in [1.82, 2.24) is 9.80 Å². The zero-order valence-corrected chi connectivity index (χ0v) is 15.3. The third-order valence-corrected chi connectivity index (χ3v) is 6.07. The molecular weight excluding hydrogens is 328 g/mol. The van der Waals surface area contributed by atoms with E-state index in [2.05, 4.69) is 0 Å². The van der Waals surface area contributed by atoms with Gasteiger partial charge in [0.1, 0.15) is 6.10 Å². The molecule has 5 nitrogen and oxygen atoms in total. The van der Waals surface area contributed by atoms with E-state index in [4.69, 9.17) is 4.74 Å². The Morgan fingerprint density at radius 3 is 2.58 bits per heavy atom. The molecule has 0 bridgehead atoms. The molecular formula is C21H28N2O3. The first kappa shape index (κ1) is 17.5. The van der Waals surface area contributed by atoms with E-state index in [1.54, 1.807) is 0 Å². The lowest BCUT2D eigenvalue weighted by molar-refractivity contribution is -0.143. The number of likely N-dealkylation sites (tertiary alicyclic amines) is 1. The van der Waals surface area contributed by atoms with Crippen molar-refractivity contribution in [3.63, 3.8) is 0 Å². The second-order valence-corrected chi connectivity index (χ2v) is 7.79. The molecule has 2 saturated heterocycles. The Balaban J connectivity index is 1.38. The Labute approximate surface area is 155 Å². The molecule has 0 spiro atoms. The molecule has 1 aromatic rings. The molecule has 2 heterocycles. The summed E-state index contributed by atoms with van der Waals surface area (Å²) in [7, 11) is 0. The van der Waals surface area contributed by atoms with Crippen molar-refractivity contribution in [3.8, 4) is 0 Å². The fourth-order valence-corrected chi connectivity index (χ4v) is 4.62. The van der Waals surface area contributed by atoms with Gasteiger partial charge in [-0.05, 0) is 18.4 Å². The quantitative estimate of drug-likeness (QED) is 0.837. The average Bonchev–Trinajstić information content (AvgIpc) is 3.10. The minimum atomic E-state index is -0.182. The summed E-state index contributed by atoms with van der Waals surface area (Å²) in [5.74, 6) is 0.114. The van der Waals surface area contributed by atoms with Gasteiger partial charge in [-0.1, -0.05) is 49.6 Å². The van der Waals surface area contributed by atoms with Crippen LogP contribution in [0.3, 0.4) is 0 Å². The van der Waals surface area contributed by atoms with Gasteiger partial charge in [0, 0.05) is 25.6 Å². The van der Waals surface area contributed by atoms with Crippen molar-refractivity contribution < 1.29 is 14.3 Å². The number of benzene rings is 1. The number of hydrogen-bond donors (Lipinski definition) is 0. The van der Waals surface area contributed by atoms with Gasteiger partial charge < -0.3 is 14.5 Å². The molecule has 5 heteroatoms. The minimum Gasteiger partial charge on any atom is -0.370 e. The predicted octanol–water partition coefficient (Wildman–Crippen LogP) is 2.77. The van der Waals surface area contributed by atoms with Gasteiger partial charge in [0.2, 0.25) is 11.8 Å². The summed E-state index contributed by atoms with van der Waals surface area (Å²) in [6.07, 6.45) is 6.18. The molecule has 26 heavy (non-hydrogen) atoms. The first-order chi connectivity index (χ1) is 12.7. The van der Waals surface area contributed by atoms with E-state index in [9.17, 15) is 9.59 Å². The molecule has 0 aromatic heterocycles. The summed E-state index contributed by atoms with van der Waals surface area (Å²) in [6.45, 7) is 2.36. The van der Waals surface area contributed by atoms with Crippen LogP contribution >= 0.6 is 0 Å². The number of hydrogen-bond acceptors (Lipinski definition) is 3. The minimum absolute atomic E-state index is 0.0690. The van der Waals surface area contributed by atoms with Crippen LogP contribution in [-0.4, -0.2) is 53.9 Å². The maximum Gasteiger partial charge on any atom is 0.228 e. The van der Waals surface area contributed by atoms with E-state index in [0.717, 1.165) is 18.4 Å². The standard InChI is InChI=1S/C21H28N2O3/c24-20-13-17(14-23(20)18-9-5-2-6-10-18)21(25)22-11-12-26-19(15-22)16-7-3-1-4-8-16/h1,3-4,7-8,17-19H,2,5-6,9-15H2. The topological polar surface area (TPSA) is 49.9 Å². The molecule has 3 aliphatic rings. The number of carbonyl (C=O) groups excluding carboxylic acids is 2. The Hall–Kier alpha value is -1.88. The predicted molar refractivity (Wildman–Crippen MR) is 98.4 cm³/mol. The van der Waals surface area contributed by atoms with Crippen LogP contribution in [0.2, 0.25) is 0 Å². The fraction of sp³-hybridized carbons (Fsp3) is 0.619. The molecule has 1 saturated carbocycles. The molecule has 2 unspecified atom stereocenters. The van der Waals surface area contributed by atoms with Crippen LogP contribution in [0.1, 0.15) is 50.2 Å². The van der Waals surface area contributed by atoms with Crippen LogP contribution in [-0.2, 0) is 14.3 Å². The molecule has 2 aliphatic heterocycles. The smallest absolute Gasteiger partial charge is 0.228 e. The summed E-state index contributed by atoms with van der Waals surface area (Å²) in [5.41, 5.74) is 1.11. The van der Waals surface area contributed by atoms with E-state index in [1.807, 2.05) is 40.1 Å². The van der Waals surface area contributed by atoms with Crippen molar-refractivity contribution >= 4 is 11.8 Å². The lowest BCUT2D eigenvalue weighted by Gasteiger charge is -2.35. The van der Waals surface area contributed by atoms with Gasteiger partial charge in [0.25, 0.3) is 0 Å². The SMILES string of the molecule is O=C(C1CC(=O)N(C2CCCCC2)C1)N1CCOC(c2ccccc2)C1. The summed E-state index contributed by atoms with van der Waals surface area (Å²) >= 11 is 0. The number of ether oxygens (including phenoxy) is 1. The highest BCUT2D eigenvalue weighted by Crippen LogP contribution is 2.30. The van der Waals surface area contributed by atoms with E-state index in [1.165, 1.54) is 19.3 Å². The Morgan fingerprint density at radius 2 is 1.81 bits per heavy atom. The highest BCUT2D eigenvalue weighted by Gasteiger charge is 2.40. The van der Waals surface area contributed by atoms with Gasteiger partial charge in [-0.15, -0.1) is 0 Å². The molecule has 0 N–H and O–H groups in total. The van der Waals surface area contributed by atoms with Gasteiger partial charge in [-0.3, -0.25) is 9.59 Å². The van der Waals surface area contributed by atoms with Crippen molar-refractivity contribution in [2.75, 3.05) is 26.2 Å². The van der Waals surface area contributed by atoms with Crippen molar-refractivity contribution in [2.45, 2.75) is 50.7 Å². The first-order valence-electron chi connectivity index (χ1n) is 9.97. The fourth-order valence-electron chi connectivity index (χ4n) is 4.62. The third kappa shape index (κ3) is 3.63. The second-order valence-electron chi connectivity index (χ2n) is 7.79. The van der Waals surface area contributed by atoms with E-state index >= 15 is 0 Å². The average molecular weight is 356 g/mol. The van der Waals surface area contributed by atoms with Crippen molar-refractivity contribution in [2.24, 2.45) is 5.92 Å². The molecule has 1 aliphatic carbocycles. The molecule has 2 amide bonds. The molecule has 1 aromatic carbocycles. The summed E-state index contributed by atoms with van der Waals surface area (Å²) in [6, 6.07) is 10.4. The molecule has 0 radical (unpaired) electrons. The summed E-state index contributed by atoms with van der Waals surface area (Å²) in [5, 5.41) is 0.